The number of aromatic carboxylic acids is 1. The van der Waals surface area contributed by atoms with E-state index in [1.54, 1.807) is 24.3 Å². The molecule has 0 heterocycles. The first-order valence-electron chi connectivity index (χ1n) is 23.8. The molecule has 5 N–H and O–H groups in total. The number of hydrogen-bond donors (Lipinski definition) is 5. The predicted octanol–water partition coefficient (Wildman–Crippen LogP) is 13.7. The minimum Gasteiger partial charge on any atom is -0.493 e. The van der Waals surface area contributed by atoms with Gasteiger partial charge in [0.25, 0.3) is 5.91 Å². The number of nitrogens with zero attached hydrogens (tertiary/aromatic N) is 1. The minimum atomic E-state index is -4.02. The van der Waals surface area contributed by atoms with Crippen LogP contribution in [0.2, 0.25) is 10.0 Å². The lowest BCUT2D eigenvalue weighted by atomic mass is 9.84. The van der Waals surface area contributed by atoms with Crippen molar-refractivity contribution in [3.05, 3.63) is 153 Å². The number of anilines is 7. The zero-order chi connectivity index (χ0) is 50.4. The standard InChI is InChI=1S/C55H57Cl2N5O8S/c1-33-26-40(62(3)50-25-19-37(29-45(50)57)35-14-9-6-10-15-35)20-23-46(33)60-47-24-21-41(71(67,68)58-2)30-43(47)55(66)70-52-32-49(42(54(64)65)31-51(52)69-4)59-39-17-11-16-38(27-39)53(63)61-48-22-18-36(28-44(48)56)34-12-7-5-8-13-34/h11,16-32,34-35,58-60H,5-10,12-15H2,1-4H3,(H,61,63)(H,64,65). The fourth-order valence-corrected chi connectivity index (χ4v) is 10.8. The number of halogens is 2. The van der Waals surface area contributed by atoms with Crippen LogP contribution < -0.4 is 35.0 Å². The molecule has 0 atom stereocenters. The quantitative estimate of drug-likeness (QED) is 0.0461. The van der Waals surface area contributed by atoms with Crippen LogP contribution in [-0.2, 0) is 10.0 Å². The fourth-order valence-electron chi connectivity index (χ4n) is 9.50. The van der Waals surface area contributed by atoms with Crippen LogP contribution in [0.4, 0.5) is 39.8 Å². The summed E-state index contributed by atoms with van der Waals surface area (Å²) in [5.74, 6) is -2.02. The lowest BCUT2D eigenvalue weighted by molar-refractivity contribution is 0.0697. The molecular formula is C55H57Cl2N5O8S. The summed E-state index contributed by atoms with van der Waals surface area (Å²) in [4.78, 5) is 42.3. The van der Waals surface area contributed by atoms with Gasteiger partial charge in [0.05, 0.1) is 55.9 Å². The molecule has 0 aliphatic heterocycles. The molecule has 6 aromatic carbocycles. The number of rotatable bonds is 16. The Bertz CT molecular complexity index is 3100. The van der Waals surface area contributed by atoms with Crippen LogP contribution in [0.15, 0.2) is 114 Å². The van der Waals surface area contributed by atoms with Gasteiger partial charge in [-0.15, -0.1) is 0 Å². The first-order valence-corrected chi connectivity index (χ1v) is 26.0. The summed E-state index contributed by atoms with van der Waals surface area (Å²) in [6, 6.07) is 30.7. The summed E-state index contributed by atoms with van der Waals surface area (Å²) >= 11 is 13.5. The fraction of sp³-hybridized carbons (Fsp3) is 0.291. The molecule has 0 radical (unpaired) electrons. The van der Waals surface area contributed by atoms with E-state index in [0.29, 0.717) is 38.9 Å². The lowest BCUT2D eigenvalue weighted by Gasteiger charge is -2.25. The van der Waals surface area contributed by atoms with Crippen molar-refractivity contribution in [1.82, 2.24) is 4.72 Å². The maximum absolute atomic E-state index is 14.3. The molecular weight excluding hydrogens is 962 g/mol. The number of ether oxygens (including phenoxy) is 2. The maximum Gasteiger partial charge on any atom is 0.345 e. The molecule has 0 bridgehead atoms. The van der Waals surface area contributed by atoms with Gasteiger partial charge in [-0.25, -0.2) is 22.7 Å². The number of carboxylic acid groups (broad SMARTS) is 1. The van der Waals surface area contributed by atoms with E-state index in [4.69, 9.17) is 32.7 Å². The average Bonchev–Trinajstić information content (AvgIpc) is 3.37. The van der Waals surface area contributed by atoms with Crippen molar-refractivity contribution < 1.29 is 37.4 Å². The van der Waals surface area contributed by atoms with Crippen molar-refractivity contribution in [3.63, 3.8) is 0 Å². The topological polar surface area (TPSA) is 175 Å². The predicted molar refractivity (Wildman–Crippen MR) is 282 cm³/mol. The van der Waals surface area contributed by atoms with Crippen molar-refractivity contribution in [2.75, 3.05) is 42.1 Å². The number of carbonyl (C=O) groups excluding carboxylic acids is 2. The number of amides is 1. The van der Waals surface area contributed by atoms with E-state index in [-0.39, 0.29) is 44.5 Å². The number of carbonyl (C=O) groups is 3. The molecule has 2 saturated carbocycles. The van der Waals surface area contributed by atoms with Gasteiger partial charge in [-0.05, 0) is 147 Å². The molecule has 6 aromatic rings. The summed E-state index contributed by atoms with van der Waals surface area (Å²) < 4.78 is 39.8. The summed E-state index contributed by atoms with van der Waals surface area (Å²) in [5.41, 5.74) is 6.51. The van der Waals surface area contributed by atoms with Crippen LogP contribution in [0, 0.1) is 6.92 Å². The van der Waals surface area contributed by atoms with Crippen molar-refractivity contribution in [2.24, 2.45) is 0 Å². The molecule has 2 aliphatic rings. The minimum absolute atomic E-state index is 0.00648. The van der Waals surface area contributed by atoms with Gasteiger partial charge >= 0.3 is 11.9 Å². The number of methoxy groups -OCH3 is 1. The first kappa shape index (κ1) is 50.8. The van der Waals surface area contributed by atoms with Gasteiger partial charge in [0.2, 0.25) is 10.0 Å². The number of sulfonamides is 1. The van der Waals surface area contributed by atoms with Crippen LogP contribution >= 0.6 is 23.2 Å². The Hall–Kier alpha value is -6.58. The second kappa shape index (κ2) is 22.2. The Morgan fingerprint density at radius 3 is 1.94 bits per heavy atom. The van der Waals surface area contributed by atoms with Crippen molar-refractivity contribution in [1.29, 1.82) is 0 Å². The average molecular weight is 1020 g/mol. The number of nitrogens with one attached hydrogen (secondary N) is 4. The van der Waals surface area contributed by atoms with E-state index >= 15 is 0 Å². The third-order valence-corrected chi connectivity index (χ3v) is 15.6. The second-order valence-electron chi connectivity index (χ2n) is 18.1. The number of carboxylic acids is 1. The van der Waals surface area contributed by atoms with E-state index in [1.165, 1.54) is 101 Å². The number of hydrogen-bond acceptors (Lipinski definition) is 10. The summed E-state index contributed by atoms with van der Waals surface area (Å²) in [7, 11) is 0.477. The molecule has 2 fully saturated rings. The van der Waals surface area contributed by atoms with Gasteiger partial charge in [0.15, 0.2) is 11.5 Å². The van der Waals surface area contributed by atoms with Crippen molar-refractivity contribution >= 4 is 90.9 Å². The van der Waals surface area contributed by atoms with E-state index in [0.717, 1.165) is 35.3 Å². The van der Waals surface area contributed by atoms with Crippen LogP contribution in [0.3, 0.4) is 0 Å². The molecule has 71 heavy (non-hydrogen) atoms. The first-order chi connectivity index (χ1) is 34.1. The molecule has 0 unspecified atom stereocenters. The highest BCUT2D eigenvalue weighted by molar-refractivity contribution is 7.89. The summed E-state index contributed by atoms with van der Waals surface area (Å²) in [6.07, 6.45) is 11.9. The zero-order valence-corrected chi connectivity index (χ0v) is 42.4. The Kier molecular flexibility index (Phi) is 15.9. The number of esters is 1. The summed E-state index contributed by atoms with van der Waals surface area (Å²) in [6.45, 7) is 1.91. The highest BCUT2D eigenvalue weighted by atomic mass is 35.5. The molecule has 0 aromatic heterocycles. The molecule has 370 valence electrons. The van der Waals surface area contributed by atoms with E-state index in [1.807, 2.05) is 55.3 Å². The molecule has 8 rings (SSSR count). The van der Waals surface area contributed by atoms with Crippen molar-refractivity contribution in [3.8, 4) is 11.5 Å². The van der Waals surface area contributed by atoms with Crippen LogP contribution in [0.25, 0.3) is 0 Å². The van der Waals surface area contributed by atoms with E-state index in [2.05, 4.69) is 38.9 Å². The SMILES string of the molecule is CNS(=O)(=O)c1ccc(Nc2ccc(N(C)c3ccc(C4CCCCC4)cc3Cl)cc2C)c(C(=O)Oc2cc(Nc3cccc(C(=O)Nc4ccc(C5CCCCC5)cc4Cl)c3)c(C(=O)O)cc2OC)c1. The van der Waals surface area contributed by atoms with Crippen LogP contribution in [0.1, 0.15) is 124 Å². The Labute approximate surface area is 424 Å². The number of aryl methyl sites for hydroxylation is 1. The largest absolute Gasteiger partial charge is 0.493 e. The molecule has 16 heteroatoms. The van der Waals surface area contributed by atoms with Gasteiger partial charge in [-0.3, -0.25) is 4.79 Å². The van der Waals surface area contributed by atoms with E-state index < -0.39 is 27.9 Å². The Morgan fingerprint density at radius 1 is 0.676 bits per heavy atom. The Morgan fingerprint density at radius 2 is 1.32 bits per heavy atom. The summed E-state index contributed by atoms with van der Waals surface area (Å²) in [5, 5.41) is 20.6. The van der Waals surface area contributed by atoms with Gasteiger partial charge in [-0.1, -0.05) is 79.9 Å². The third-order valence-electron chi connectivity index (χ3n) is 13.5. The van der Waals surface area contributed by atoms with Gasteiger partial charge in [-0.2, -0.15) is 0 Å². The molecule has 0 saturated heterocycles. The second-order valence-corrected chi connectivity index (χ2v) is 20.8. The highest BCUT2D eigenvalue weighted by Crippen LogP contribution is 2.41. The van der Waals surface area contributed by atoms with Gasteiger partial charge in [0, 0.05) is 41.8 Å². The van der Waals surface area contributed by atoms with E-state index in [9.17, 15) is 27.9 Å². The molecule has 1 amide bonds. The van der Waals surface area contributed by atoms with Gasteiger partial charge in [0.1, 0.15) is 0 Å². The lowest BCUT2D eigenvalue weighted by Crippen LogP contribution is -2.20. The molecule has 0 spiro atoms. The van der Waals surface area contributed by atoms with Crippen molar-refractivity contribution in [2.45, 2.75) is 87.9 Å². The number of benzene rings is 6. The van der Waals surface area contributed by atoms with Crippen LogP contribution in [0.5, 0.6) is 11.5 Å². The highest BCUT2D eigenvalue weighted by Gasteiger charge is 2.25. The van der Waals surface area contributed by atoms with Gasteiger partial charge < -0.3 is 35.4 Å². The smallest absolute Gasteiger partial charge is 0.345 e. The zero-order valence-electron chi connectivity index (χ0n) is 40.0. The normalized spacial score (nSPS) is 14.3. The monoisotopic (exact) mass is 1020 g/mol. The maximum atomic E-state index is 14.3. The molecule has 13 nitrogen and oxygen atoms in total. The third kappa shape index (κ3) is 11.8. The van der Waals surface area contributed by atoms with Crippen LogP contribution in [-0.4, -0.2) is 52.6 Å². The molecule has 2 aliphatic carbocycles. The Balaban J connectivity index is 1.03.